The Morgan fingerprint density at radius 3 is 2.29 bits per heavy atom. The van der Waals surface area contributed by atoms with E-state index >= 15 is 0 Å². The molecule has 2 N–H and O–H groups in total. The van der Waals surface area contributed by atoms with Crippen molar-refractivity contribution in [1.82, 2.24) is 4.90 Å². The van der Waals surface area contributed by atoms with Crippen LogP contribution in [-0.4, -0.2) is 53.5 Å². The average molecular weight is 425 g/mol. The molecule has 1 aliphatic heterocycles. The number of methoxy groups -OCH3 is 2. The SMILES string of the molecule is COc1ccc(OC)c(C2/C(=C(/O)c3ccc(C)cc3)C(=O)C(=O)N2CCC(=O)O)c1. The zero-order chi connectivity index (χ0) is 22.7. The topological polar surface area (TPSA) is 113 Å². The van der Waals surface area contributed by atoms with Crippen LogP contribution in [-0.2, 0) is 14.4 Å². The van der Waals surface area contributed by atoms with E-state index in [9.17, 15) is 19.5 Å². The van der Waals surface area contributed by atoms with Crippen molar-refractivity contribution in [2.24, 2.45) is 0 Å². The average Bonchev–Trinajstić information content (AvgIpc) is 3.01. The molecule has 0 aromatic heterocycles. The number of carboxylic acid groups (broad SMARTS) is 1. The Hall–Kier alpha value is -3.81. The molecule has 1 amide bonds. The van der Waals surface area contributed by atoms with Crippen LogP contribution in [0.4, 0.5) is 0 Å². The molecule has 162 valence electrons. The van der Waals surface area contributed by atoms with Crippen molar-refractivity contribution in [2.75, 3.05) is 20.8 Å². The minimum atomic E-state index is -1.11. The molecular weight excluding hydrogens is 402 g/mol. The van der Waals surface area contributed by atoms with Crippen LogP contribution in [0.1, 0.15) is 29.2 Å². The van der Waals surface area contributed by atoms with Crippen LogP contribution in [0.15, 0.2) is 48.0 Å². The summed E-state index contributed by atoms with van der Waals surface area (Å²) in [5, 5.41) is 20.1. The lowest BCUT2D eigenvalue weighted by Crippen LogP contribution is -2.32. The molecule has 1 saturated heterocycles. The normalized spacial score (nSPS) is 17.6. The molecule has 1 unspecified atom stereocenters. The van der Waals surface area contributed by atoms with E-state index in [1.165, 1.54) is 14.2 Å². The number of Topliss-reactive ketones (excluding diaryl/α,β-unsaturated/α-hetero) is 1. The molecule has 1 aliphatic rings. The number of likely N-dealkylation sites (tertiary alicyclic amines) is 1. The van der Waals surface area contributed by atoms with Crippen LogP contribution in [0.3, 0.4) is 0 Å². The van der Waals surface area contributed by atoms with Gasteiger partial charge in [0.05, 0.1) is 32.3 Å². The highest BCUT2D eigenvalue weighted by Crippen LogP contribution is 2.43. The van der Waals surface area contributed by atoms with E-state index in [4.69, 9.17) is 14.6 Å². The highest BCUT2D eigenvalue weighted by atomic mass is 16.5. The lowest BCUT2D eigenvalue weighted by molar-refractivity contribution is -0.142. The maximum Gasteiger partial charge on any atom is 0.305 e. The smallest absolute Gasteiger partial charge is 0.305 e. The molecule has 1 fully saturated rings. The van der Waals surface area contributed by atoms with Crippen LogP contribution in [0.25, 0.3) is 5.76 Å². The first-order valence-corrected chi connectivity index (χ1v) is 9.57. The Labute approximate surface area is 179 Å². The van der Waals surface area contributed by atoms with E-state index in [1.807, 2.05) is 6.92 Å². The number of aliphatic hydroxyl groups is 1. The highest BCUT2D eigenvalue weighted by molar-refractivity contribution is 6.46. The fourth-order valence-corrected chi connectivity index (χ4v) is 3.57. The molecular formula is C23H23NO7. The molecule has 0 aliphatic carbocycles. The summed E-state index contributed by atoms with van der Waals surface area (Å²) >= 11 is 0. The molecule has 0 bridgehead atoms. The number of amides is 1. The Balaban J connectivity index is 2.24. The monoisotopic (exact) mass is 425 g/mol. The van der Waals surface area contributed by atoms with Crippen molar-refractivity contribution < 1.29 is 34.1 Å². The molecule has 31 heavy (non-hydrogen) atoms. The molecule has 0 saturated carbocycles. The summed E-state index contributed by atoms with van der Waals surface area (Å²) in [5.74, 6) is -2.41. The number of aryl methyl sites for hydroxylation is 1. The van der Waals surface area contributed by atoms with Crippen LogP contribution >= 0.6 is 0 Å². The Morgan fingerprint density at radius 1 is 1.03 bits per heavy atom. The van der Waals surface area contributed by atoms with Gasteiger partial charge < -0.3 is 24.6 Å². The number of nitrogens with zero attached hydrogens (tertiary/aromatic N) is 1. The van der Waals surface area contributed by atoms with Crippen LogP contribution in [0.2, 0.25) is 0 Å². The van der Waals surface area contributed by atoms with Crippen molar-refractivity contribution in [1.29, 1.82) is 0 Å². The van der Waals surface area contributed by atoms with Gasteiger partial charge in [-0.25, -0.2) is 0 Å². The lowest BCUT2D eigenvalue weighted by atomic mass is 9.94. The van der Waals surface area contributed by atoms with Gasteiger partial charge in [0.1, 0.15) is 17.3 Å². The molecule has 8 nitrogen and oxygen atoms in total. The number of ketones is 1. The first kappa shape index (κ1) is 21.9. The predicted octanol–water partition coefficient (Wildman–Crippen LogP) is 2.91. The number of carbonyl (C=O) groups excluding carboxylic acids is 2. The molecule has 0 radical (unpaired) electrons. The van der Waals surface area contributed by atoms with Crippen molar-refractivity contribution in [2.45, 2.75) is 19.4 Å². The number of carboxylic acids is 1. The van der Waals surface area contributed by atoms with Gasteiger partial charge in [-0.05, 0) is 25.1 Å². The van der Waals surface area contributed by atoms with E-state index in [2.05, 4.69) is 0 Å². The Kier molecular flexibility index (Phi) is 6.29. The minimum Gasteiger partial charge on any atom is -0.507 e. The molecule has 1 heterocycles. The van der Waals surface area contributed by atoms with Gasteiger partial charge in [-0.15, -0.1) is 0 Å². The maximum atomic E-state index is 13.0. The van der Waals surface area contributed by atoms with E-state index < -0.39 is 23.7 Å². The third-order valence-corrected chi connectivity index (χ3v) is 5.16. The van der Waals surface area contributed by atoms with Crippen molar-refractivity contribution in [3.8, 4) is 11.5 Å². The second kappa shape index (κ2) is 8.91. The highest BCUT2D eigenvalue weighted by Gasteiger charge is 2.47. The second-order valence-electron chi connectivity index (χ2n) is 7.11. The number of benzene rings is 2. The van der Waals surface area contributed by atoms with Gasteiger partial charge in [0, 0.05) is 17.7 Å². The molecule has 8 heteroatoms. The quantitative estimate of drug-likeness (QED) is 0.398. The summed E-state index contributed by atoms with van der Waals surface area (Å²) < 4.78 is 10.7. The van der Waals surface area contributed by atoms with E-state index in [0.29, 0.717) is 22.6 Å². The first-order chi connectivity index (χ1) is 14.8. The molecule has 1 atom stereocenters. The standard InChI is InChI=1S/C23H23NO7/c1-13-4-6-14(7-5-13)21(27)19-20(16-12-15(30-2)8-9-17(16)31-3)24(11-10-18(25)26)23(29)22(19)28/h4-9,12,20,27H,10-11H2,1-3H3,(H,25,26)/b21-19-. The number of hydrogen-bond donors (Lipinski definition) is 2. The fourth-order valence-electron chi connectivity index (χ4n) is 3.57. The predicted molar refractivity (Wildman–Crippen MR) is 112 cm³/mol. The summed E-state index contributed by atoms with van der Waals surface area (Å²) in [6.45, 7) is 1.67. The van der Waals surface area contributed by atoms with E-state index in [1.54, 1.807) is 42.5 Å². The molecule has 3 rings (SSSR count). The molecule has 2 aromatic rings. The maximum absolute atomic E-state index is 13.0. The third kappa shape index (κ3) is 4.23. The summed E-state index contributed by atoms with van der Waals surface area (Å²) in [6, 6.07) is 10.7. The fraction of sp³-hybridized carbons (Fsp3) is 0.261. The van der Waals surface area contributed by atoms with Gasteiger partial charge in [0.15, 0.2) is 0 Å². The third-order valence-electron chi connectivity index (χ3n) is 5.16. The van der Waals surface area contributed by atoms with Gasteiger partial charge >= 0.3 is 5.97 Å². The summed E-state index contributed by atoms with van der Waals surface area (Å²) in [6.07, 6.45) is -0.361. The van der Waals surface area contributed by atoms with Crippen LogP contribution in [0, 0.1) is 6.92 Å². The summed E-state index contributed by atoms with van der Waals surface area (Å²) in [4.78, 5) is 38.1. The number of carbonyl (C=O) groups is 3. The minimum absolute atomic E-state index is 0.134. The second-order valence-corrected chi connectivity index (χ2v) is 7.11. The molecule has 0 spiro atoms. The molecule has 2 aromatic carbocycles. The Morgan fingerprint density at radius 2 is 1.71 bits per heavy atom. The number of aliphatic hydroxyl groups excluding tert-OH is 1. The van der Waals surface area contributed by atoms with Gasteiger partial charge in [-0.2, -0.15) is 0 Å². The van der Waals surface area contributed by atoms with Crippen molar-refractivity contribution >= 4 is 23.4 Å². The van der Waals surface area contributed by atoms with E-state index in [0.717, 1.165) is 10.5 Å². The first-order valence-electron chi connectivity index (χ1n) is 9.57. The van der Waals surface area contributed by atoms with Crippen molar-refractivity contribution in [3.63, 3.8) is 0 Å². The van der Waals surface area contributed by atoms with Gasteiger partial charge in [0.25, 0.3) is 11.7 Å². The van der Waals surface area contributed by atoms with Gasteiger partial charge in [-0.3, -0.25) is 14.4 Å². The lowest BCUT2D eigenvalue weighted by Gasteiger charge is -2.26. The van der Waals surface area contributed by atoms with Gasteiger partial charge in [0.2, 0.25) is 0 Å². The number of aliphatic carboxylic acids is 1. The zero-order valence-electron chi connectivity index (χ0n) is 17.4. The largest absolute Gasteiger partial charge is 0.507 e. The van der Waals surface area contributed by atoms with Gasteiger partial charge in [-0.1, -0.05) is 29.8 Å². The Bertz CT molecular complexity index is 1060. The number of rotatable bonds is 7. The van der Waals surface area contributed by atoms with Crippen LogP contribution < -0.4 is 9.47 Å². The van der Waals surface area contributed by atoms with Crippen LogP contribution in [0.5, 0.6) is 11.5 Å². The number of ether oxygens (including phenoxy) is 2. The number of hydrogen-bond acceptors (Lipinski definition) is 6. The summed E-state index contributed by atoms with van der Waals surface area (Å²) in [5.41, 5.74) is 1.60. The van der Waals surface area contributed by atoms with E-state index in [-0.39, 0.29) is 24.3 Å². The zero-order valence-corrected chi connectivity index (χ0v) is 17.4. The van der Waals surface area contributed by atoms with Crippen molar-refractivity contribution in [3.05, 3.63) is 64.7 Å². The summed E-state index contributed by atoms with van der Waals surface area (Å²) in [7, 11) is 2.91.